The highest BCUT2D eigenvalue weighted by molar-refractivity contribution is 8.13. The van der Waals surface area contributed by atoms with Crippen molar-refractivity contribution in [1.82, 2.24) is 5.32 Å². The Bertz CT molecular complexity index is 325. The average molecular weight is 266 g/mol. The van der Waals surface area contributed by atoms with E-state index < -0.39 is 0 Å². The van der Waals surface area contributed by atoms with Crippen molar-refractivity contribution in [3.05, 3.63) is 0 Å². The fourth-order valence-corrected chi connectivity index (χ4v) is 3.85. The Morgan fingerprint density at radius 3 is 2.22 bits per heavy atom. The summed E-state index contributed by atoms with van der Waals surface area (Å²) in [5.41, 5.74) is 0.308. The molecule has 1 N–H and O–H groups in total. The van der Waals surface area contributed by atoms with Gasteiger partial charge in [-0.05, 0) is 49.4 Å². The molecule has 2 fully saturated rings. The lowest BCUT2D eigenvalue weighted by Gasteiger charge is -2.32. The average Bonchev–Trinajstić information content (AvgIpc) is 3.16. The molecule has 0 aromatic heterocycles. The van der Waals surface area contributed by atoms with Crippen LogP contribution in [0.15, 0.2) is 4.99 Å². The van der Waals surface area contributed by atoms with E-state index in [1.807, 2.05) is 11.8 Å². The quantitative estimate of drug-likeness (QED) is 0.843. The summed E-state index contributed by atoms with van der Waals surface area (Å²) in [4.78, 5) is 4.98. The summed E-state index contributed by atoms with van der Waals surface area (Å²) in [5, 5.41) is 5.04. The Labute approximate surface area is 115 Å². The number of rotatable bonds is 3. The third-order valence-electron chi connectivity index (χ3n) is 4.45. The maximum Gasteiger partial charge on any atom is 0.157 e. The van der Waals surface area contributed by atoms with Crippen LogP contribution >= 0.6 is 11.8 Å². The van der Waals surface area contributed by atoms with E-state index in [1.54, 1.807) is 0 Å². The minimum Gasteiger partial charge on any atom is -0.362 e. The Morgan fingerprint density at radius 2 is 1.72 bits per heavy atom. The zero-order chi connectivity index (χ0) is 12.8. The van der Waals surface area contributed by atoms with Crippen molar-refractivity contribution in [2.45, 2.75) is 65.0 Å². The van der Waals surface area contributed by atoms with Gasteiger partial charge in [-0.25, -0.2) is 0 Å². The Kier molecular flexibility index (Phi) is 3.38. The number of hydrogen-bond donors (Lipinski definition) is 1. The SMILES string of the molecule is CC(C)(C)C1CCSC(NC(C2CC2)C2CC2)=N1. The monoisotopic (exact) mass is 266 g/mol. The molecule has 2 aliphatic carbocycles. The number of thioether (sulfide) groups is 1. The van der Waals surface area contributed by atoms with Crippen LogP contribution in [0.25, 0.3) is 0 Å². The van der Waals surface area contributed by atoms with Gasteiger partial charge in [-0.3, -0.25) is 4.99 Å². The third kappa shape index (κ3) is 3.04. The van der Waals surface area contributed by atoms with Gasteiger partial charge in [0.05, 0.1) is 6.04 Å². The Morgan fingerprint density at radius 1 is 1.11 bits per heavy atom. The van der Waals surface area contributed by atoms with Crippen LogP contribution in [-0.4, -0.2) is 23.0 Å². The smallest absolute Gasteiger partial charge is 0.157 e. The maximum atomic E-state index is 4.98. The molecule has 2 saturated carbocycles. The van der Waals surface area contributed by atoms with E-state index in [9.17, 15) is 0 Å². The first-order valence-electron chi connectivity index (χ1n) is 7.51. The highest BCUT2D eigenvalue weighted by Crippen LogP contribution is 2.45. The number of nitrogens with one attached hydrogen (secondary N) is 1. The molecule has 1 atom stereocenters. The van der Waals surface area contributed by atoms with Crippen LogP contribution < -0.4 is 5.32 Å². The fraction of sp³-hybridized carbons (Fsp3) is 0.933. The minimum atomic E-state index is 0.308. The molecule has 2 nitrogen and oxygen atoms in total. The van der Waals surface area contributed by atoms with E-state index in [0.29, 0.717) is 11.5 Å². The van der Waals surface area contributed by atoms with E-state index in [1.165, 1.54) is 43.0 Å². The molecule has 1 heterocycles. The predicted molar refractivity (Wildman–Crippen MR) is 80.1 cm³/mol. The van der Waals surface area contributed by atoms with Crippen molar-refractivity contribution in [1.29, 1.82) is 0 Å². The molecule has 102 valence electrons. The Balaban J connectivity index is 1.65. The zero-order valence-electron chi connectivity index (χ0n) is 11.9. The highest BCUT2D eigenvalue weighted by Gasteiger charge is 2.42. The molecule has 3 rings (SSSR count). The molecular weight excluding hydrogens is 240 g/mol. The molecule has 3 aliphatic rings. The van der Waals surface area contributed by atoms with Crippen molar-refractivity contribution < 1.29 is 0 Å². The lowest BCUT2D eigenvalue weighted by Crippen LogP contribution is -2.40. The standard InChI is InChI=1S/C15H26N2S/c1-15(2,3)12-8-9-18-14(16-12)17-13(10-4-5-10)11-6-7-11/h10-13H,4-9H2,1-3H3,(H,16,17). The molecule has 1 aliphatic heterocycles. The molecule has 0 bridgehead atoms. The largest absolute Gasteiger partial charge is 0.362 e. The van der Waals surface area contributed by atoms with E-state index in [-0.39, 0.29) is 0 Å². The fourth-order valence-electron chi connectivity index (χ4n) is 2.89. The summed E-state index contributed by atoms with van der Waals surface area (Å²) in [6.45, 7) is 6.94. The summed E-state index contributed by atoms with van der Waals surface area (Å²) in [5.74, 6) is 3.14. The summed E-state index contributed by atoms with van der Waals surface area (Å²) in [6, 6.07) is 1.25. The summed E-state index contributed by atoms with van der Waals surface area (Å²) >= 11 is 1.94. The van der Waals surface area contributed by atoms with Crippen molar-refractivity contribution in [2.24, 2.45) is 22.2 Å². The van der Waals surface area contributed by atoms with Crippen molar-refractivity contribution in [3.63, 3.8) is 0 Å². The normalized spacial score (nSPS) is 29.3. The molecule has 3 heteroatoms. The van der Waals surface area contributed by atoms with Crippen LogP contribution in [0, 0.1) is 17.3 Å². The van der Waals surface area contributed by atoms with Gasteiger partial charge in [0, 0.05) is 11.8 Å². The van der Waals surface area contributed by atoms with Gasteiger partial charge in [-0.1, -0.05) is 32.5 Å². The first-order valence-corrected chi connectivity index (χ1v) is 8.50. The van der Waals surface area contributed by atoms with Gasteiger partial charge in [0.2, 0.25) is 0 Å². The first-order chi connectivity index (χ1) is 8.54. The third-order valence-corrected chi connectivity index (χ3v) is 5.39. The van der Waals surface area contributed by atoms with Crippen LogP contribution in [0.5, 0.6) is 0 Å². The second kappa shape index (κ2) is 4.73. The number of amidine groups is 1. The topological polar surface area (TPSA) is 24.4 Å². The predicted octanol–water partition coefficient (Wildman–Crippen LogP) is 3.67. The van der Waals surface area contributed by atoms with Crippen LogP contribution in [0.3, 0.4) is 0 Å². The van der Waals surface area contributed by atoms with E-state index in [2.05, 4.69) is 26.1 Å². The zero-order valence-corrected chi connectivity index (χ0v) is 12.7. The van der Waals surface area contributed by atoms with Gasteiger partial charge < -0.3 is 5.32 Å². The highest BCUT2D eigenvalue weighted by atomic mass is 32.2. The van der Waals surface area contributed by atoms with Crippen molar-refractivity contribution in [3.8, 4) is 0 Å². The Hall–Kier alpha value is -0.180. The number of hydrogen-bond acceptors (Lipinski definition) is 3. The van der Waals surface area contributed by atoms with Crippen molar-refractivity contribution in [2.75, 3.05) is 5.75 Å². The number of nitrogens with zero attached hydrogens (tertiary/aromatic N) is 1. The molecule has 0 aromatic carbocycles. The van der Waals surface area contributed by atoms with E-state index in [0.717, 1.165) is 17.9 Å². The second-order valence-electron chi connectivity index (χ2n) is 7.30. The maximum absolute atomic E-state index is 4.98. The van der Waals surface area contributed by atoms with Crippen LogP contribution in [0.4, 0.5) is 0 Å². The molecule has 18 heavy (non-hydrogen) atoms. The molecule has 0 amide bonds. The van der Waals surface area contributed by atoms with Crippen LogP contribution in [0.1, 0.15) is 52.9 Å². The molecule has 0 radical (unpaired) electrons. The summed E-state index contributed by atoms with van der Waals surface area (Å²) in [6.07, 6.45) is 6.99. The van der Waals surface area contributed by atoms with Gasteiger partial charge in [-0.2, -0.15) is 0 Å². The minimum absolute atomic E-state index is 0.308. The van der Waals surface area contributed by atoms with Crippen LogP contribution in [0.2, 0.25) is 0 Å². The first kappa shape index (κ1) is 12.8. The van der Waals surface area contributed by atoms with Gasteiger partial charge in [-0.15, -0.1) is 0 Å². The van der Waals surface area contributed by atoms with Crippen LogP contribution in [-0.2, 0) is 0 Å². The van der Waals surface area contributed by atoms with E-state index >= 15 is 0 Å². The van der Waals surface area contributed by atoms with Gasteiger partial charge in [0.25, 0.3) is 0 Å². The summed E-state index contributed by atoms with van der Waals surface area (Å²) in [7, 11) is 0. The van der Waals surface area contributed by atoms with Crippen molar-refractivity contribution >= 4 is 16.9 Å². The molecule has 0 aromatic rings. The van der Waals surface area contributed by atoms with Gasteiger partial charge in [0.1, 0.15) is 0 Å². The molecule has 0 saturated heterocycles. The molecular formula is C15H26N2S. The van der Waals surface area contributed by atoms with E-state index in [4.69, 9.17) is 4.99 Å². The lowest BCUT2D eigenvalue weighted by molar-refractivity contribution is 0.314. The number of aliphatic imine (C=N–C) groups is 1. The lowest BCUT2D eigenvalue weighted by atomic mass is 9.85. The second-order valence-corrected chi connectivity index (χ2v) is 8.38. The molecule has 1 unspecified atom stereocenters. The van der Waals surface area contributed by atoms with Gasteiger partial charge in [0.15, 0.2) is 5.17 Å². The summed E-state index contributed by atoms with van der Waals surface area (Å²) < 4.78 is 0. The van der Waals surface area contributed by atoms with Gasteiger partial charge >= 0.3 is 0 Å². The molecule has 0 spiro atoms.